The molecule has 1 aromatic rings. The lowest BCUT2D eigenvalue weighted by Crippen LogP contribution is -2.38. The smallest absolute Gasteiger partial charge is 0.307 e. The third-order valence-electron chi connectivity index (χ3n) is 4.49. The van der Waals surface area contributed by atoms with E-state index in [0.29, 0.717) is 11.6 Å². The van der Waals surface area contributed by atoms with Crippen LogP contribution < -0.4 is 11.1 Å². The second kappa shape index (κ2) is 9.87. The number of carbonyl (C=O) groups is 2. The zero-order valence-electron chi connectivity index (χ0n) is 13.7. The molecule has 0 unspecified atom stereocenters. The maximum Gasteiger partial charge on any atom is 0.307 e. The van der Waals surface area contributed by atoms with E-state index in [1.807, 2.05) is 12.1 Å². The summed E-state index contributed by atoms with van der Waals surface area (Å²) >= 11 is 5.90. The predicted octanol–water partition coefficient (Wildman–Crippen LogP) is 2.86. The normalized spacial score (nSPS) is 20.8. The van der Waals surface area contributed by atoms with Gasteiger partial charge in [-0.3, -0.25) is 9.59 Å². The summed E-state index contributed by atoms with van der Waals surface area (Å²) in [6.07, 6.45) is 2.93. The molecule has 1 amide bonds. The summed E-state index contributed by atoms with van der Waals surface area (Å²) in [5.74, 6) is -0.264. The van der Waals surface area contributed by atoms with Crippen molar-refractivity contribution in [3.05, 3.63) is 34.9 Å². The van der Waals surface area contributed by atoms with Crippen molar-refractivity contribution < 1.29 is 14.3 Å². The van der Waals surface area contributed by atoms with E-state index in [2.05, 4.69) is 5.32 Å². The minimum Gasteiger partial charge on any atom is -0.469 e. The molecular formula is C17H24Cl2N2O3. The van der Waals surface area contributed by atoms with E-state index in [1.165, 1.54) is 7.11 Å². The lowest BCUT2D eigenvalue weighted by atomic mass is 9.94. The molecule has 134 valence electrons. The van der Waals surface area contributed by atoms with Gasteiger partial charge in [-0.25, -0.2) is 0 Å². The number of nitrogens with two attached hydrogens (primary N) is 1. The number of rotatable bonds is 6. The molecule has 0 heterocycles. The van der Waals surface area contributed by atoms with Crippen LogP contribution in [0.2, 0.25) is 5.02 Å². The summed E-state index contributed by atoms with van der Waals surface area (Å²) in [5, 5.41) is 3.59. The Morgan fingerprint density at radius 2 is 2.00 bits per heavy atom. The maximum absolute atomic E-state index is 12.6. The first-order valence-corrected chi connectivity index (χ1v) is 8.25. The number of methoxy groups -OCH3 is 1. The number of halogens is 2. The van der Waals surface area contributed by atoms with E-state index < -0.39 is 6.04 Å². The molecule has 0 spiro atoms. The molecule has 1 aliphatic carbocycles. The number of amides is 1. The van der Waals surface area contributed by atoms with Gasteiger partial charge in [-0.05, 0) is 43.0 Å². The van der Waals surface area contributed by atoms with E-state index in [4.69, 9.17) is 22.1 Å². The van der Waals surface area contributed by atoms with Crippen LogP contribution in [0.15, 0.2) is 24.3 Å². The van der Waals surface area contributed by atoms with E-state index in [0.717, 1.165) is 24.8 Å². The SMILES string of the molecule is COC(=O)C[C@H](NC(=O)[C@@H]1CCC[C@@H]1CN)c1ccc(Cl)cc1.Cl. The molecule has 0 aliphatic heterocycles. The van der Waals surface area contributed by atoms with Crippen LogP contribution in [-0.2, 0) is 14.3 Å². The molecule has 0 aromatic heterocycles. The molecule has 5 nitrogen and oxygen atoms in total. The van der Waals surface area contributed by atoms with Crippen LogP contribution in [0, 0.1) is 11.8 Å². The molecule has 0 saturated heterocycles. The Morgan fingerprint density at radius 3 is 2.58 bits per heavy atom. The topological polar surface area (TPSA) is 81.4 Å². The summed E-state index contributed by atoms with van der Waals surface area (Å²) in [4.78, 5) is 24.3. The highest BCUT2D eigenvalue weighted by molar-refractivity contribution is 6.30. The maximum atomic E-state index is 12.6. The van der Waals surface area contributed by atoms with Crippen LogP contribution >= 0.6 is 24.0 Å². The first-order valence-electron chi connectivity index (χ1n) is 7.88. The van der Waals surface area contributed by atoms with Crippen molar-refractivity contribution in [3.8, 4) is 0 Å². The summed E-state index contributed by atoms with van der Waals surface area (Å²) in [7, 11) is 1.34. The number of hydrogen-bond donors (Lipinski definition) is 2. The van der Waals surface area contributed by atoms with Gasteiger partial charge in [0.25, 0.3) is 0 Å². The summed E-state index contributed by atoms with van der Waals surface area (Å²) in [6.45, 7) is 0.515. The highest BCUT2D eigenvalue weighted by atomic mass is 35.5. The third-order valence-corrected chi connectivity index (χ3v) is 4.74. The fraction of sp³-hybridized carbons (Fsp3) is 0.529. The van der Waals surface area contributed by atoms with Gasteiger partial charge in [0.15, 0.2) is 0 Å². The zero-order chi connectivity index (χ0) is 16.8. The van der Waals surface area contributed by atoms with Gasteiger partial charge in [0.2, 0.25) is 5.91 Å². The molecule has 3 N–H and O–H groups in total. The molecular weight excluding hydrogens is 351 g/mol. The van der Waals surface area contributed by atoms with Gasteiger partial charge in [0, 0.05) is 10.9 Å². The van der Waals surface area contributed by atoms with Crippen LogP contribution in [0.1, 0.15) is 37.3 Å². The van der Waals surface area contributed by atoms with Gasteiger partial charge in [0.05, 0.1) is 19.6 Å². The first kappa shape index (κ1) is 20.7. The minimum atomic E-state index is -0.425. The monoisotopic (exact) mass is 374 g/mol. The number of benzene rings is 1. The van der Waals surface area contributed by atoms with E-state index >= 15 is 0 Å². The Labute approximate surface area is 153 Å². The van der Waals surface area contributed by atoms with Crippen molar-refractivity contribution in [3.63, 3.8) is 0 Å². The Balaban J connectivity index is 0.00000288. The Kier molecular flexibility index (Phi) is 8.53. The van der Waals surface area contributed by atoms with Crippen LogP contribution in [0.25, 0.3) is 0 Å². The lowest BCUT2D eigenvalue weighted by Gasteiger charge is -2.23. The number of esters is 1. The lowest BCUT2D eigenvalue weighted by molar-refractivity contribution is -0.141. The molecule has 0 radical (unpaired) electrons. The van der Waals surface area contributed by atoms with Gasteiger partial charge >= 0.3 is 5.97 Å². The van der Waals surface area contributed by atoms with Crippen molar-refractivity contribution in [2.45, 2.75) is 31.7 Å². The molecule has 1 saturated carbocycles. The number of carbonyl (C=O) groups excluding carboxylic acids is 2. The molecule has 1 aliphatic rings. The molecule has 0 bridgehead atoms. The number of hydrogen-bond acceptors (Lipinski definition) is 4. The molecule has 3 atom stereocenters. The molecule has 2 rings (SSSR count). The summed E-state index contributed by atoms with van der Waals surface area (Å²) in [6, 6.07) is 6.68. The quantitative estimate of drug-likeness (QED) is 0.750. The van der Waals surface area contributed by atoms with Crippen LogP contribution in [0.3, 0.4) is 0 Å². The van der Waals surface area contributed by atoms with Crippen molar-refractivity contribution in [2.75, 3.05) is 13.7 Å². The molecule has 24 heavy (non-hydrogen) atoms. The highest BCUT2D eigenvalue weighted by Crippen LogP contribution is 2.32. The zero-order valence-corrected chi connectivity index (χ0v) is 15.2. The largest absolute Gasteiger partial charge is 0.469 e. The Bertz CT molecular complexity index is 551. The second-order valence-corrected chi connectivity index (χ2v) is 6.36. The van der Waals surface area contributed by atoms with Gasteiger partial charge in [-0.15, -0.1) is 12.4 Å². The number of nitrogens with one attached hydrogen (secondary N) is 1. The first-order chi connectivity index (χ1) is 11.0. The van der Waals surface area contributed by atoms with Crippen molar-refractivity contribution >= 4 is 35.9 Å². The van der Waals surface area contributed by atoms with Crippen molar-refractivity contribution in [1.29, 1.82) is 0 Å². The Morgan fingerprint density at radius 1 is 1.33 bits per heavy atom. The van der Waals surface area contributed by atoms with Gasteiger partial charge in [-0.1, -0.05) is 30.2 Å². The second-order valence-electron chi connectivity index (χ2n) is 5.93. The fourth-order valence-corrected chi connectivity index (χ4v) is 3.27. The predicted molar refractivity (Wildman–Crippen MR) is 96.1 cm³/mol. The third kappa shape index (κ3) is 5.36. The van der Waals surface area contributed by atoms with Gasteiger partial charge < -0.3 is 15.8 Å². The van der Waals surface area contributed by atoms with Crippen LogP contribution in [0.4, 0.5) is 0 Å². The van der Waals surface area contributed by atoms with Crippen LogP contribution in [0.5, 0.6) is 0 Å². The minimum absolute atomic E-state index is 0. The van der Waals surface area contributed by atoms with Gasteiger partial charge in [0.1, 0.15) is 0 Å². The van der Waals surface area contributed by atoms with E-state index in [9.17, 15) is 9.59 Å². The average molecular weight is 375 g/mol. The van der Waals surface area contributed by atoms with Crippen molar-refractivity contribution in [1.82, 2.24) is 5.32 Å². The average Bonchev–Trinajstić information content (AvgIpc) is 3.03. The van der Waals surface area contributed by atoms with E-state index in [-0.39, 0.29) is 42.5 Å². The summed E-state index contributed by atoms with van der Waals surface area (Å²) in [5.41, 5.74) is 6.58. The highest BCUT2D eigenvalue weighted by Gasteiger charge is 2.33. The fourth-order valence-electron chi connectivity index (χ4n) is 3.14. The summed E-state index contributed by atoms with van der Waals surface area (Å²) < 4.78 is 4.74. The van der Waals surface area contributed by atoms with Gasteiger partial charge in [-0.2, -0.15) is 0 Å². The standard InChI is InChI=1S/C17H23ClN2O3.ClH/c1-23-16(21)9-15(11-5-7-13(18)8-6-11)20-17(22)14-4-2-3-12(14)10-19;/h5-8,12,14-15H,2-4,9-10,19H2,1H3,(H,20,22);1H/t12-,14-,15+;/m1./s1. The van der Waals surface area contributed by atoms with Crippen molar-refractivity contribution in [2.24, 2.45) is 17.6 Å². The molecule has 1 fully saturated rings. The molecule has 1 aromatic carbocycles. The molecule has 7 heteroatoms. The van der Waals surface area contributed by atoms with E-state index in [1.54, 1.807) is 12.1 Å². The van der Waals surface area contributed by atoms with Crippen LogP contribution in [-0.4, -0.2) is 25.5 Å². The number of ether oxygens (including phenoxy) is 1. The Hall–Kier alpha value is -1.30.